The van der Waals surface area contributed by atoms with E-state index in [2.05, 4.69) is 12.1 Å². The quantitative estimate of drug-likeness (QED) is 0.831. The lowest BCUT2D eigenvalue weighted by atomic mass is 9.82. The first kappa shape index (κ1) is 16.1. The highest BCUT2D eigenvalue weighted by Crippen LogP contribution is 2.42. The molecule has 25 heavy (non-hydrogen) atoms. The number of nitrogens with zero attached hydrogens (tertiary/aromatic N) is 1. The zero-order valence-corrected chi connectivity index (χ0v) is 14.3. The van der Waals surface area contributed by atoms with Gasteiger partial charge in [-0.3, -0.25) is 9.59 Å². The lowest BCUT2D eigenvalue weighted by molar-refractivity contribution is -0.123. The third-order valence-electron chi connectivity index (χ3n) is 5.70. The molecule has 0 N–H and O–H groups in total. The number of carbonyl (C=O) groups excluding carboxylic acids is 2. The van der Waals surface area contributed by atoms with Crippen molar-refractivity contribution in [2.24, 2.45) is 5.92 Å². The highest BCUT2D eigenvalue weighted by Gasteiger charge is 2.48. The SMILES string of the molecule is O=C1CCCCC2[C@H]1[C@@H](c1ccccc1)CN2C(=O)c1ccccc1. The molecular formula is C22H23NO2. The molecule has 0 spiro atoms. The maximum atomic E-state index is 13.1. The molecule has 1 aliphatic heterocycles. The molecular weight excluding hydrogens is 310 g/mol. The molecule has 1 aliphatic carbocycles. The van der Waals surface area contributed by atoms with E-state index in [9.17, 15) is 9.59 Å². The van der Waals surface area contributed by atoms with Gasteiger partial charge in [0, 0.05) is 36.4 Å². The van der Waals surface area contributed by atoms with Crippen LogP contribution in [-0.2, 0) is 4.79 Å². The van der Waals surface area contributed by atoms with Crippen molar-refractivity contribution in [1.29, 1.82) is 0 Å². The lowest BCUT2D eigenvalue weighted by Gasteiger charge is -2.26. The Morgan fingerprint density at radius 2 is 1.60 bits per heavy atom. The summed E-state index contributed by atoms with van der Waals surface area (Å²) in [5.41, 5.74) is 1.89. The Labute approximate surface area is 148 Å². The van der Waals surface area contributed by atoms with Crippen LogP contribution in [0.15, 0.2) is 60.7 Å². The number of amides is 1. The van der Waals surface area contributed by atoms with Crippen molar-refractivity contribution in [2.45, 2.75) is 37.6 Å². The van der Waals surface area contributed by atoms with E-state index in [0.29, 0.717) is 24.3 Å². The summed E-state index contributed by atoms with van der Waals surface area (Å²) in [5, 5.41) is 0. The van der Waals surface area contributed by atoms with E-state index in [1.165, 1.54) is 5.56 Å². The number of ketones is 1. The predicted octanol–water partition coefficient (Wildman–Crippen LogP) is 4.05. The average Bonchev–Trinajstić information content (AvgIpc) is 2.95. The number of fused-ring (bicyclic) bond motifs is 1. The van der Waals surface area contributed by atoms with Crippen LogP contribution in [0.2, 0.25) is 0 Å². The maximum Gasteiger partial charge on any atom is 0.254 e. The summed E-state index contributed by atoms with van der Waals surface area (Å²) < 4.78 is 0. The Morgan fingerprint density at radius 3 is 2.32 bits per heavy atom. The summed E-state index contributed by atoms with van der Waals surface area (Å²) >= 11 is 0. The number of rotatable bonds is 2. The minimum Gasteiger partial charge on any atom is -0.334 e. The van der Waals surface area contributed by atoms with Crippen molar-refractivity contribution in [3.05, 3.63) is 71.8 Å². The van der Waals surface area contributed by atoms with Crippen molar-refractivity contribution >= 4 is 11.7 Å². The van der Waals surface area contributed by atoms with Gasteiger partial charge in [0.15, 0.2) is 0 Å². The first-order valence-corrected chi connectivity index (χ1v) is 9.19. The van der Waals surface area contributed by atoms with Crippen LogP contribution in [0.3, 0.4) is 0 Å². The molecule has 1 saturated heterocycles. The summed E-state index contributed by atoms with van der Waals surface area (Å²) in [4.78, 5) is 27.9. The lowest BCUT2D eigenvalue weighted by Crippen LogP contribution is -2.39. The van der Waals surface area contributed by atoms with E-state index >= 15 is 0 Å². The normalized spacial score (nSPS) is 26.2. The number of Topliss-reactive ketones (excluding diaryl/α,β-unsaturated/α-hetero) is 1. The zero-order chi connectivity index (χ0) is 17.2. The van der Waals surface area contributed by atoms with E-state index in [-0.39, 0.29) is 23.8 Å². The zero-order valence-electron chi connectivity index (χ0n) is 14.3. The smallest absolute Gasteiger partial charge is 0.254 e. The van der Waals surface area contributed by atoms with Crippen molar-refractivity contribution in [1.82, 2.24) is 4.90 Å². The summed E-state index contributed by atoms with van der Waals surface area (Å²) in [6, 6.07) is 19.7. The minimum atomic E-state index is -0.0578. The van der Waals surface area contributed by atoms with E-state index < -0.39 is 0 Å². The molecule has 1 heterocycles. The number of benzene rings is 2. The number of hydrogen-bond donors (Lipinski definition) is 0. The molecule has 3 nitrogen and oxygen atoms in total. The Kier molecular flexibility index (Phi) is 4.39. The van der Waals surface area contributed by atoms with Gasteiger partial charge in [-0.1, -0.05) is 55.0 Å². The molecule has 1 unspecified atom stereocenters. The second-order valence-corrected chi connectivity index (χ2v) is 7.15. The molecule has 0 radical (unpaired) electrons. The van der Waals surface area contributed by atoms with Crippen molar-refractivity contribution in [3.63, 3.8) is 0 Å². The Balaban J connectivity index is 1.71. The van der Waals surface area contributed by atoms with Crippen molar-refractivity contribution < 1.29 is 9.59 Å². The molecule has 0 bridgehead atoms. The largest absolute Gasteiger partial charge is 0.334 e. The summed E-state index contributed by atoms with van der Waals surface area (Å²) in [7, 11) is 0. The monoisotopic (exact) mass is 333 g/mol. The standard InChI is InChI=1S/C22H23NO2/c24-20-14-8-7-13-19-21(20)18(16-9-3-1-4-10-16)15-23(19)22(25)17-11-5-2-6-12-17/h1-6,9-12,18-19,21H,7-8,13-15H2/t18-,19?,21-/m1/s1. The molecule has 128 valence electrons. The van der Waals surface area contributed by atoms with E-state index in [0.717, 1.165) is 19.3 Å². The highest BCUT2D eigenvalue weighted by atomic mass is 16.2. The molecule has 1 saturated carbocycles. The van der Waals surface area contributed by atoms with E-state index in [1.807, 2.05) is 53.4 Å². The van der Waals surface area contributed by atoms with Gasteiger partial charge < -0.3 is 4.90 Å². The van der Waals surface area contributed by atoms with Crippen LogP contribution < -0.4 is 0 Å². The van der Waals surface area contributed by atoms with Crippen LogP contribution in [-0.4, -0.2) is 29.2 Å². The topological polar surface area (TPSA) is 37.4 Å². The number of hydrogen-bond acceptors (Lipinski definition) is 2. The third kappa shape index (κ3) is 2.99. The fourth-order valence-corrected chi connectivity index (χ4v) is 4.51. The van der Waals surface area contributed by atoms with Crippen LogP contribution in [0.25, 0.3) is 0 Å². The highest BCUT2D eigenvalue weighted by molar-refractivity contribution is 5.96. The Morgan fingerprint density at radius 1 is 0.920 bits per heavy atom. The van der Waals surface area contributed by atoms with Gasteiger partial charge in [0.1, 0.15) is 5.78 Å². The third-order valence-corrected chi connectivity index (χ3v) is 5.70. The van der Waals surface area contributed by atoms with Gasteiger partial charge in [-0.15, -0.1) is 0 Å². The van der Waals surface area contributed by atoms with E-state index in [4.69, 9.17) is 0 Å². The molecule has 1 amide bonds. The molecule has 2 aliphatic rings. The summed E-state index contributed by atoms with van der Waals surface area (Å²) in [6.45, 7) is 0.638. The van der Waals surface area contributed by atoms with E-state index in [1.54, 1.807) is 0 Å². The molecule has 2 fully saturated rings. The van der Waals surface area contributed by atoms with Crippen LogP contribution in [0.5, 0.6) is 0 Å². The molecule has 3 heteroatoms. The van der Waals surface area contributed by atoms with Gasteiger partial charge >= 0.3 is 0 Å². The molecule has 2 aromatic rings. The fraction of sp³-hybridized carbons (Fsp3) is 0.364. The predicted molar refractivity (Wildman–Crippen MR) is 97.4 cm³/mol. The fourth-order valence-electron chi connectivity index (χ4n) is 4.51. The summed E-state index contributed by atoms with van der Waals surface area (Å²) in [5.74, 6) is 0.450. The average molecular weight is 333 g/mol. The second kappa shape index (κ2) is 6.83. The van der Waals surface area contributed by atoms with Crippen molar-refractivity contribution in [3.8, 4) is 0 Å². The van der Waals surface area contributed by atoms with Gasteiger partial charge in [-0.05, 0) is 30.5 Å². The van der Waals surface area contributed by atoms with Crippen LogP contribution in [0.4, 0.5) is 0 Å². The maximum absolute atomic E-state index is 13.1. The van der Waals surface area contributed by atoms with Gasteiger partial charge in [-0.2, -0.15) is 0 Å². The number of likely N-dealkylation sites (tertiary alicyclic amines) is 1. The van der Waals surface area contributed by atoms with Crippen molar-refractivity contribution in [2.75, 3.05) is 6.54 Å². The first-order valence-electron chi connectivity index (χ1n) is 9.19. The minimum absolute atomic E-state index is 0.0351. The second-order valence-electron chi connectivity index (χ2n) is 7.15. The number of carbonyl (C=O) groups is 2. The van der Waals surface area contributed by atoms with Crippen LogP contribution in [0.1, 0.15) is 47.5 Å². The summed E-state index contributed by atoms with van der Waals surface area (Å²) in [6.07, 6.45) is 3.55. The Bertz CT molecular complexity index is 756. The molecule has 2 aromatic carbocycles. The van der Waals surface area contributed by atoms with Gasteiger partial charge in [0.25, 0.3) is 5.91 Å². The van der Waals surface area contributed by atoms with Crippen LogP contribution in [0, 0.1) is 5.92 Å². The van der Waals surface area contributed by atoms with Crippen LogP contribution >= 0.6 is 0 Å². The van der Waals surface area contributed by atoms with Gasteiger partial charge in [0.2, 0.25) is 0 Å². The molecule has 0 aromatic heterocycles. The molecule has 4 rings (SSSR count). The van der Waals surface area contributed by atoms with Gasteiger partial charge in [0.05, 0.1) is 0 Å². The Hall–Kier alpha value is -2.42. The van der Waals surface area contributed by atoms with Gasteiger partial charge in [-0.25, -0.2) is 0 Å². The first-order chi connectivity index (χ1) is 12.3. The molecule has 3 atom stereocenters.